The number of carbonyl (C=O) groups excluding carboxylic acids is 1. The maximum atomic E-state index is 13.0. The highest BCUT2D eigenvalue weighted by Gasteiger charge is 2.35. The lowest BCUT2D eigenvalue weighted by Crippen LogP contribution is -2.42. The van der Waals surface area contributed by atoms with E-state index in [-0.39, 0.29) is 17.4 Å². The molecule has 8 nitrogen and oxygen atoms in total. The number of nitrogens with zero attached hydrogens (tertiary/aromatic N) is 1. The van der Waals surface area contributed by atoms with Gasteiger partial charge in [0.15, 0.2) is 0 Å². The van der Waals surface area contributed by atoms with Crippen LogP contribution < -0.4 is 17.0 Å². The molecule has 25 heavy (non-hydrogen) atoms. The van der Waals surface area contributed by atoms with Gasteiger partial charge >= 0.3 is 5.69 Å². The quantitative estimate of drug-likeness (QED) is 0.775. The van der Waals surface area contributed by atoms with E-state index in [1.165, 1.54) is 0 Å². The van der Waals surface area contributed by atoms with E-state index in [4.69, 9.17) is 10.2 Å². The Bertz CT molecular complexity index is 895. The molecule has 1 fully saturated rings. The number of aryl methyl sites for hydroxylation is 1. The van der Waals surface area contributed by atoms with Gasteiger partial charge in [-0.3, -0.25) is 14.6 Å². The summed E-state index contributed by atoms with van der Waals surface area (Å²) in [4.78, 5) is 42.2. The monoisotopic (exact) mass is 346 g/mol. The van der Waals surface area contributed by atoms with Crippen LogP contribution in [0, 0.1) is 5.92 Å². The zero-order valence-corrected chi connectivity index (χ0v) is 14.3. The molecule has 134 valence electrons. The lowest BCUT2D eigenvalue weighted by molar-refractivity contribution is 0.0513. The van der Waals surface area contributed by atoms with Gasteiger partial charge < -0.3 is 20.0 Å². The molecule has 2 aromatic rings. The number of rotatable bonds is 3. The van der Waals surface area contributed by atoms with E-state index in [1.807, 2.05) is 24.0 Å². The van der Waals surface area contributed by atoms with Crippen molar-refractivity contribution in [2.24, 2.45) is 5.92 Å². The van der Waals surface area contributed by atoms with Gasteiger partial charge in [0.25, 0.3) is 11.5 Å². The van der Waals surface area contributed by atoms with Gasteiger partial charge in [0.2, 0.25) is 0 Å². The Kier molecular flexibility index (Phi) is 4.52. The number of anilines is 1. The molecule has 1 amide bonds. The van der Waals surface area contributed by atoms with E-state index in [9.17, 15) is 14.4 Å². The van der Waals surface area contributed by atoms with Crippen molar-refractivity contribution in [2.75, 3.05) is 12.3 Å². The molecule has 1 aliphatic rings. The molecule has 4 N–H and O–H groups in total. The first-order valence-electron chi connectivity index (χ1n) is 8.42. The first-order chi connectivity index (χ1) is 11.9. The fraction of sp³-hybridized carbons (Fsp3) is 0.471. The Labute approximate surface area is 144 Å². The summed E-state index contributed by atoms with van der Waals surface area (Å²) in [5.74, 6) is 1.53. The lowest BCUT2D eigenvalue weighted by Gasteiger charge is -2.37. The van der Waals surface area contributed by atoms with Gasteiger partial charge in [0.05, 0.1) is 6.04 Å². The number of nitrogens with one attached hydrogen (secondary N) is 2. The summed E-state index contributed by atoms with van der Waals surface area (Å²) in [6.45, 7) is 4.62. The van der Waals surface area contributed by atoms with Gasteiger partial charge in [0, 0.05) is 13.0 Å². The molecule has 0 aromatic carbocycles. The minimum atomic E-state index is -0.764. The third-order valence-electron chi connectivity index (χ3n) is 4.68. The fourth-order valence-corrected chi connectivity index (χ4v) is 3.23. The van der Waals surface area contributed by atoms with Gasteiger partial charge in [-0.1, -0.05) is 13.8 Å². The summed E-state index contributed by atoms with van der Waals surface area (Å²) in [5.41, 5.74) is 3.74. The highest BCUT2D eigenvalue weighted by Crippen LogP contribution is 2.36. The van der Waals surface area contributed by atoms with Gasteiger partial charge in [-0.05, 0) is 30.9 Å². The van der Waals surface area contributed by atoms with Crippen molar-refractivity contribution in [3.05, 3.63) is 50.2 Å². The largest absolute Gasteiger partial charge is 0.464 e. The van der Waals surface area contributed by atoms with Crippen LogP contribution in [0.5, 0.6) is 0 Å². The van der Waals surface area contributed by atoms with Crippen LogP contribution >= 0.6 is 0 Å². The number of likely N-dealkylation sites (tertiary alicyclic amines) is 1. The van der Waals surface area contributed by atoms with Crippen molar-refractivity contribution >= 4 is 11.6 Å². The molecule has 8 heteroatoms. The second-order valence-corrected chi connectivity index (χ2v) is 6.50. The molecular formula is C17H22N4O4. The zero-order chi connectivity index (χ0) is 18.1. The Morgan fingerprint density at radius 2 is 2.12 bits per heavy atom. The second-order valence-electron chi connectivity index (χ2n) is 6.50. The summed E-state index contributed by atoms with van der Waals surface area (Å²) in [7, 11) is 0. The van der Waals surface area contributed by atoms with Crippen molar-refractivity contribution in [1.82, 2.24) is 14.9 Å². The molecule has 0 unspecified atom stereocenters. The highest BCUT2D eigenvalue weighted by molar-refractivity contribution is 5.97. The summed E-state index contributed by atoms with van der Waals surface area (Å²) in [6, 6.07) is 3.53. The van der Waals surface area contributed by atoms with Crippen LogP contribution in [0.2, 0.25) is 0 Å². The van der Waals surface area contributed by atoms with Crippen LogP contribution in [-0.4, -0.2) is 27.3 Å². The molecule has 0 saturated carbocycles. The van der Waals surface area contributed by atoms with Crippen molar-refractivity contribution in [2.45, 2.75) is 39.2 Å². The SMILES string of the molecule is CCc1ccc([C@@H]2C[C@@H](C)CCN2C(=O)c2[nH]c(=O)[nH]c(=O)c2N)o1. The number of amides is 1. The maximum Gasteiger partial charge on any atom is 0.326 e. The van der Waals surface area contributed by atoms with Gasteiger partial charge in [-0.15, -0.1) is 0 Å². The van der Waals surface area contributed by atoms with E-state index >= 15 is 0 Å². The standard InChI is InChI=1S/C17H22N4O4/c1-3-10-4-5-12(25-10)11-8-9(2)6-7-21(11)16(23)14-13(18)15(22)20-17(24)19-14/h4-5,9,11H,3,6-8,18H2,1-2H3,(H2,19,20,22,24)/t9-,11-/m0/s1. The summed E-state index contributed by atoms with van der Waals surface area (Å²) >= 11 is 0. The average molecular weight is 346 g/mol. The third kappa shape index (κ3) is 3.24. The number of H-pyrrole nitrogens is 2. The molecule has 1 saturated heterocycles. The number of hydrogen-bond donors (Lipinski definition) is 3. The first-order valence-corrected chi connectivity index (χ1v) is 8.42. The highest BCUT2D eigenvalue weighted by atomic mass is 16.3. The predicted molar refractivity (Wildman–Crippen MR) is 92.4 cm³/mol. The number of carbonyl (C=O) groups is 1. The van der Waals surface area contributed by atoms with Crippen molar-refractivity contribution in [3.63, 3.8) is 0 Å². The zero-order valence-electron chi connectivity index (χ0n) is 14.3. The number of nitrogens with two attached hydrogens (primary N) is 1. The van der Waals surface area contributed by atoms with Crippen molar-refractivity contribution < 1.29 is 9.21 Å². The second kappa shape index (κ2) is 6.62. The number of nitrogen functional groups attached to an aromatic ring is 1. The molecule has 1 aliphatic heterocycles. The van der Waals surface area contributed by atoms with Crippen LogP contribution in [0.1, 0.15) is 54.7 Å². The Hall–Kier alpha value is -2.77. The maximum absolute atomic E-state index is 13.0. The fourth-order valence-electron chi connectivity index (χ4n) is 3.23. The molecule has 0 spiro atoms. The molecule has 3 heterocycles. The van der Waals surface area contributed by atoms with Crippen LogP contribution in [-0.2, 0) is 6.42 Å². The van der Waals surface area contributed by atoms with E-state index in [1.54, 1.807) is 4.90 Å². The molecule has 3 rings (SSSR count). The van der Waals surface area contributed by atoms with Crippen LogP contribution in [0.25, 0.3) is 0 Å². The molecule has 0 aliphatic carbocycles. The predicted octanol–water partition coefficient (Wildman–Crippen LogP) is 1.41. The number of furan rings is 1. The summed E-state index contributed by atoms with van der Waals surface area (Å²) in [6.07, 6.45) is 2.34. The molecular weight excluding hydrogens is 324 g/mol. The lowest BCUT2D eigenvalue weighted by atomic mass is 9.90. The topological polar surface area (TPSA) is 125 Å². The Balaban J connectivity index is 1.99. The van der Waals surface area contributed by atoms with E-state index in [0.717, 1.165) is 25.0 Å². The number of aromatic nitrogens is 2. The number of piperidine rings is 1. The summed E-state index contributed by atoms with van der Waals surface area (Å²) in [5, 5.41) is 0. The average Bonchev–Trinajstić information content (AvgIpc) is 3.06. The number of hydrogen-bond acceptors (Lipinski definition) is 5. The third-order valence-corrected chi connectivity index (χ3v) is 4.68. The minimum absolute atomic E-state index is 0.171. The van der Waals surface area contributed by atoms with Crippen LogP contribution in [0.15, 0.2) is 26.1 Å². The van der Waals surface area contributed by atoms with E-state index < -0.39 is 17.2 Å². The van der Waals surface area contributed by atoms with Crippen LogP contribution in [0.3, 0.4) is 0 Å². The molecule has 0 radical (unpaired) electrons. The van der Waals surface area contributed by atoms with Crippen molar-refractivity contribution in [1.29, 1.82) is 0 Å². The normalized spacial score (nSPS) is 20.6. The van der Waals surface area contributed by atoms with Gasteiger partial charge in [0.1, 0.15) is 22.9 Å². The molecule has 2 atom stereocenters. The Morgan fingerprint density at radius 1 is 1.36 bits per heavy atom. The smallest absolute Gasteiger partial charge is 0.326 e. The number of aromatic amines is 2. The minimum Gasteiger partial charge on any atom is -0.464 e. The van der Waals surface area contributed by atoms with Gasteiger partial charge in [-0.25, -0.2) is 4.79 Å². The molecule has 0 bridgehead atoms. The first kappa shape index (κ1) is 17.1. The van der Waals surface area contributed by atoms with Crippen LogP contribution in [0.4, 0.5) is 5.69 Å². The van der Waals surface area contributed by atoms with Gasteiger partial charge in [-0.2, -0.15) is 0 Å². The summed E-state index contributed by atoms with van der Waals surface area (Å²) < 4.78 is 5.85. The van der Waals surface area contributed by atoms with E-state index in [2.05, 4.69) is 11.9 Å². The molecule has 2 aromatic heterocycles. The van der Waals surface area contributed by atoms with Crippen molar-refractivity contribution in [3.8, 4) is 0 Å². The van der Waals surface area contributed by atoms with E-state index in [0.29, 0.717) is 18.2 Å². The Morgan fingerprint density at radius 3 is 2.80 bits per heavy atom.